The van der Waals surface area contributed by atoms with Crippen LogP contribution in [0.5, 0.6) is 0 Å². The van der Waals surface area contributed by atoms with Gasteiger partial charge in [-0.15, -0.1) is 0 Å². The van der Waals surface area contributed by atoms with Crippen LogP contribution in [0.4, 0.5) is 5.69 Å². The van der Waals surface area contributed by atoms with E-state index < -0.39 is 0 Å². The van der Waals surface area contributed by atoms with E-state index in [1.54, 1.807) is 0 Å². The fraction of sp³-hybridized carbons (Fsp3) is 0.105. The van der Waals surface area contributed by atoms with Crippen molar-refractivity contribution in [3.63, 3.8) is 0 Å². The van der Waals surface area contributed by atoms with Gasteiger partial charge in [0.25, 0.3) is 0 Å². The average Bonchev–Trinajstić information content (AvgIpc) is 3.00. The van der Waals surface area contributed by atoms with Crippen molar-refractivity contribution in [2.45, 2.75) is 13.5 Å². The molecule has 0 atom stereocenters. The molecule has 0 unspecified atom stereocenters. The average molecular weight is 322 g/mol. The Morgan fingerprint density at radius 3 is 2.43 bits per heavy atom. The number of thiocarbonyl (C=S) groups is 1. The summed E-state index contributed by atoms with van der Waals surface area (Å²) in [4.78, 5) is 0. The van der Waals surface area contributed by atoms with Crippen LogP contribution in [-0.4, -0.2) is 5.11 Å². The first-order valence-corrected chi connectivity index (χ1v) is 7.88. The van der Waals surface area contributed by atoms with Crippen LogP contribution in [0.15, 0.2) is 71.1 Å². The monoisotopic (exact) mass is 322 g/mol. The molecule has 3 nitrogen and oxygen atoms in total. The fourth-order valence-corrected chi connectivity index (χ4v) is 2.56. The predicted octanol–water partition coefficient (Wildman–Crippen LogP) is 4.74. The van der Waals surface area contributed by atoms with Crippen molar-refractivity contribution in [1.82, 2.24) is 5.32 Å². The highest BCUT2D eigenvalue weighted by Crippen LogP contribution is 2.27. The van der Waals surface area contributed by atoms with Crippen LogP contribution in [-0.2, 0) is 6.54 Å². The first-order chi connectivity index (χ1) is 11.2. The van der Waals surface area contributed by atoms with Crippen molar-refractivity contribution in [3.05, 3.63) is 78.3 Å². The van der Waals surface area contributed by atoms with Gasteiger partial charge in [0.2, 0.25) is 0 Å². The molecular weight excluding hydrogens is 304 g/mol. The minimum absolute atomic E-state index is 0.563. The van der Waals surface area contributed by atoms with Crippen molar-refractivity contribution in [2.75, 3.05) is 5.32 Å². The SMILES string of the molecule is Cc1ccc(CNC(=S)Nc2ccccc2-c2ccccc2)o1. The van der Waals surface area contributed by atoms with Gasteiger partial charge in [-0.2, -0.15) is 0 Å². The summed E-state index contributed by atoms with van der Waals surface area (Å²) in [5.41, 5.74) is 3.25. The van der Waals surface area contributed by atoms with Gasteiger partial charge in [0.15, 0.2) is 5.11 Å². The maximum absolute atomic E-state index is 5.53. The summed E-state index contributed by atoms with van der Waals surface area (Å²) in [6.07, 6.45) is 0. The molecule has 3 aromatic rings. The van der Waals surface area contributed by atoms with E-state index in [0.717, 1.165) is 28.3 Å². The standard InChI is InChI=1S/C19H18N2OS/c1-14-11-12-16(22-14)13-20-19(23)21-18-10-6-5-9-17(18)15-7-3-2-4-8-15/h2-12H,13H2,1H3,(H2,20,21,23). The molecule has 2 aromatic carbocycles. The molecule has 0 aliphatic carbocycles. The number of rotatable bonds is 4. The molecule has 2 N–H and O–H groups in total. The summed E-state index contributed by atoms with van der Waals surface area (Å²) in [7, 11) is 0. The van der Waals surface area contributed by atoms with E-state index in [1.807, 2.05) is 55.5 Å². The van der Waals surface area contributed by atoms with Crippen molar-refractivity contribution < 1.29 is 4.42 Å². The van der Waals surface area contributed by atoms with Crippen LogP contribution in [0.3, 0.4) is 0 Å². The maximum atomic E-state index is 5.53. The predicted molar refractivity (Wildman–Crippen MR) is 98.4 cm³/mol. The first-order valence-electron chi connectivity index (χ1n) is 7.47. The van der Waals surface area contributed by atoms with Crippen LogP contribution >= 0.6 is 12.2 Å². The molecule has 3 rings (SSSR count). The summed E-state index contributed by atoms with van der Waals surface area (Å²) < 4.78 is 5.53. The van der Waals surface area contributed by atoms with Gasteiger partial charge >= 0.3 is 0 Å². The van der Waals surface area contributed by atoms with Crippen molar-refractivity contribution in [2.24, 2.45) is 0 Å². The van der Waals surface area contributed by atoms with E-state index in [-0.39, 0.29) is 0 Å². The second-order valence-electron chi connectivity index (χ2n) is 5.23. The number of hydrogen-bond acceptors (Lipinski definition) is 2. The second kappa shape index (κ2) is 7.11. The lowest BCUT2D eigenvalue weighted by Gasteiger charge is -2.13. The molecule has 23 heavy (non-hydrogen) atoms. The summed E-state index contributed by atoms with van der Waals surface area (Å²) in [6.45, 7) is 2.49. The molecule has 0 fully saturated rings. The van der Waals surface area contributed by atoms with Crippen LogP contribution in [0.25, 0.3) is 11.1 Å². The third-order valence-corrected chi connectivity index (χ3v) is 3.73. The number of para-hydroxylation sites is 1. The minimum Gasteiger partial charge on any atom is -0.465 e. The zero-order chi connectivity index (χ0) is 16.1. The third-order valence-electron chi connectivity index (χ3n) is 3.48. The normalized spacial score (nSPS) is 10.3. The molecule has 0 radical (unpaired) electrons. The lowest BCUT2D eigenvalue weighted by atomic mass is 10.0. The molecule has 0 aliphatic heterocycles. The Morgan fingerprint density at radius 1 is 0.957 bits per heavy atom. The number of nitrogens with one attached hydrogen (secondary N) is 2. The molecule has 0 bridgehead atoms. The van der Waals surface area contributed by atoms with Crippen LogP contribution < -0.4 is 10.6 Å². The van der Waals surface area contributed by atoms with E-state index in [9.17, 15) is 0 Å². The van der Waals surface area contributed by atoms with E-state index in [1.165, 1.54) is 0 Å². The van der Waals surface area contributed by atoms with Crippen LogP contribution in [0, 0.1) is 6.92 Å². The van der Waals surface area contributed by atoms with E-state index in [0.29, 0.717) is 11.7 Å². The first kappa shape index (κ1) is 15.3. The molecule has 0 saturated carbocycles. The number of aryl methyl sites for hydroxylation is 1. The second-order valence-corrected chi connectivity index (χ2v) is 5.64. The molecule has 4 heteroatoms. The maximum Gasteiger partial charge on any atom is 0.171 e. The van der Waals surface area contributed by atoms with E-state index >= 15 is 0 Å². The number of furan rings is 1. The molecule has 1 aromatic heterocycles. The van der Waals surface area contributed by atoms with Crippen molar-refractivity contribution >= 4 is 23.0 Å². The zero-order valence-corrected chi connectivity index (χ0v) is 13.7. The molecule has 0 saturated heterocycles. The number of hydrogen-bond donors (Lipinski definition) is 2. The van der Waals surface area contributed by atoms with Gasteiger partial charge < -0.3 is 15.1 Å². The van der Waals surface area contributed by atoms with Gasteiger partial charge in [0.05, 0.1) is 6.54 Å². The summed E-state index contributed by atoms with van der Waals surface area (Å²) in [6, 6.07) is 22.2. The Bertz CT molecular complexity index is 796. The highest BCUT2D eigenvalue weighted by atomic mass is 32.1. The zero-order valence-electron chi connectivity index (χ0n) is 12.9. The molecule has 0 spiro atoms. The Hall–Kier alpha value is -2.59. The molecule has 1 heterocycles. The van der Waals surface area contributed by atoms with Crippen molar-refractivity contribution in [3.8, 4) is 11.1 Å². The Balaban J connectivity index is 1.69. The van der Waals surface area contributed by atoms with Crippen molar-refractivity contribution in [1.29, 1.82) is 0 Å². The minimum atomic E-state index is 0.563. The molecule has 0 amide bonds. The molecule has 0 aliphatic rings. The topological polar surface area (TPSA) is 37.2 Å². The fourth-order valence-electron chi connectivity index (χ4n) is 2.38. The summed E-state index contributed by atoms with van der Waals surface area (Å²) in [5, 5.41) is 7.00. The van der Waals surface area contributed by atoms with Crippen LogP contribution in [0.2, 0.25) is 0 Å². The smallest absolute Gasteiger partial charge is 0.171 e. The summed E-state index contributed by atoms with van der Waals surface area (Å²) in [5.74, 6) is 1.76. The van der Waals surface area contributed by atoms with Crippen LogP contribution in [0.1, 0.15) is 11.5 Å². The summed E-state index contributed by atoms with van der Waals surface area (Å²) >= 11 is 5.39. The van der Waals surface area contributed by atoms with Gasteiger partial charge in [-0.25, -0.2) is 0 Å². The number of anilines is 1. The van der Waals surface area contributed by atoms with Gasteiger partial charge in [-0.3, -0.25) is 0 Å². The largest absolute Gasteiger partial charge is 0.465 e. The Labute approximate surface area is 141 Å². The van der Waals surface area contributed by atoms with Gasteiger partial charge in [0, 0.05) is 11.3 Å². The lowest BCUT2D eigenvalue weighted by molar-refractivity contribution is 0.478. The molecular formula is C19H18N2OS. The highest BCUT2D eigenvalue weighted by molar-refractivity contribution is 7.80. The Morgan fingerprint density at radius 2 is 1.70 bits per heavy atom. The van der Waals surface area contributed by atoms with E-state index in [4.69, 9.17) is 16.6 Å². The highest BCUT2D eigenvalue weighted by Gasteiger charge is 2.06. The van der Waals surface area contributed by atoms with E-state index in [2.05, 4.69) is 28.8 Å². The van der Waals surface area contributed by atoms with Gasteiger partial charge in [-0.05, 0) is 42.9 Å². The van der Waals surface area contributed by atoms with Gasteiger partial charge in [-0.1, -0.05) is 48.5 Å². The lowest BCUT2D eigenvalue weighted by Crippen LogP contribution is -2.27. The third kappa shape index (κ3) is 3.99. The molecule has 116 valence electrons. The quantitative estimate of drug-likeness (QED) is 0.680. The Kier molecular flexibility index (Phi) is 4.74. The number of benzene rings is 2. The van der Waals surface area contributed by atoms with Gasteiger partial charge in [0.1, 0.15) is 11.5 Å².